The molecule has 0 saturated carbocycles. The molecule has 1 amide bonds. The third-order valence-electron chi connectivity index (χ3n) is 2.98. The van der Waals surface area contributed by atoms with E-state index in [1.165, 1.54) is 6.20 Å². The lowest BCUT2D eigenvalue weighted by molar-refractivity contribution is -0.138. The van der Waals surface area contributed by atoms with Gasteiger partial charge in [-0.2, -0.15) is 5.26 Å². The summed E-state index contributed by atoms with van der Waals surface area (Å²) in [4.78, 5) is 13.9. The van der Waals surface area contributed by atoms with Crippen LogP contribution in [-0.2, 0) is 9.53 Å². The van der Waals surface area contributed by atoms with Crippen molar-refractivity contribution in [2.24, 2.45) is 0 Å². The molecular weight excluding hydrogens is 242 g/mol. The molecule has 1 rings (SSSR count). The molecular formula is C14H23N3O2. The van der Waals surface area contributed by atoms with Gasteiger partial charge in [0, 0.05) is 25.8 Å². The molecule has 0 aliphatic carbocycles. The summed E-state index contributed by atoms with van der Waals surface area (Å²) in [5, 5.41) is 12.1. The first-order valence-electron chi connectivity index (χ1n) is 6.86. The van der Waals surface area contributed by atoms with E-state index >= 15 is 0 Å². The van der Waals surface area contributed by atoms with Gasteiger partial charge in [-0.3, -0.25) is 4.79 Å². The Kier molecular flexibility index (Phi) is 6.37. The van der Waals surface area contributed by atoms with Gasteiger partial charge in [0.25, 0.3) is 5.91 Å². The SMILES string of the molecule is CCCCN/C=C(/C#N)C(=O)N1CC(C)OC(C)C1. The predicted molar refractivity (Wildman–Crippen MR) is 73.2 cm³/mol. The number of amides is 1. The summed E-state index contributed by atoms with van der Waals surface area (Å²) in [5.41, 5.74) is 0.164. The van der Waals surface area contributed by atoms with Gasteiger partial charge in [0.2, 0.25) is 0 Å². The van der Waals surface area contributed by atoms with Gasteiger partial charge >= 0.3 is 0 Å². The normalized spacial score (nSPS) is 23.9. The Morgan fingerprint density at radius 2 is 2.11 bits per heavy atom. The molecule has 1 aliphatic heterocycles. The molecule has 1 fully saturated rings. The molecule has 1 saturated heterocycles. The van der Waals surface area contributed by atoms with Crippen LogP contribution in [0.4, 0.5) is 0 Å². The van der Waals surface area contributed by atoms with E-state index in [4.69, 9.17) is 10.00 Å². The smallest absolute Gasteiger partial charge is 0.266 e. The van der Waals surface area contributed by atoms with Crippen molar-refractivity contribution >= 4 is 5.91 Å². The lowest BCUT2D eigenvalue weighted by atomic mass is 10.2. The van der Waals surface area contributed by atoms with Crippen LogP contribution in [-0.4, -0.2) is 42.6 Å². The number of morpholine rings is 1. The lowest BCUT2D eigenvalue weighted by Crippen LogP contribution is -2.48. The number of hydrogen-bond donors (Lipinski definition) is 1. The highest BCUT2D eigenvalue weighted by Crippen LogP contribution is 2.13. The summed E-state index contributed by atoms with van der Waals surface area (Å²) in [6.45, 7) is 7.83. The van der Waals surface area contributed by atoms with Crippen LogP contribution in [0.2, 0.25) is 0 Å². The van der Waals surface area contributed by atoms with E-state index < -0.39 is 0 Å². The standard InChI is InChI=1S/C14H23N3O2/c1-4-5-6-16-8-13(7-15)14(18)17-9-11(2)19-12(3)10-17/h8,11-12,16H,4-6,9-10H2,1-3H3/b13-8-. The highest BCUT2D eigenvalue weighted by atomic mass is 16.5. The molecule has 1 heterocycles. The Labute approximate surface area is 115 Å². The average molecular weight is 265 g/mol. The topological polar surface area (TPSA) is 65.4 Å². The second-order valence-corrected chi connectivity index (χ2v) is 4.94. The lowest BCUT2D eigenvalue weighted by Gasteiger charge is -2.35. The van der Waals surface area contributed by atoms with E-state index in [9.17, 15) is 4.79 Å². The second kappa shape index (κ2) is 7.80. The molecule has 0 bridgehead atoms. The van der Waals surface area contributed by atoms with Crippen molar-refractivity contribution in [3.8, 4) is 6.07 Å². The molecule has 5 heteroatoms. The van der Waals surface area contributed by atoms with Crippen LogP contribution < -0.4 is 5.32 Å². The molecule has 2 atom stereocenters. The summed E-state index contributed by atoms with van der Waals surface area (Å²) in [7, 11) is 0. The van der Waals surface area contributed by atoms with Crippen LogP contribution >= 0.6 is 0 Å². The van der Waals surface area contributed by atoms with Crippen molar-refractivity contribution in [2.45, 2.75) is 45.8 Å². The molecule has 1 aliphatic rings. The van der Waals surface area contributed by atoms with E-state index in [0.717, 1.165) is 19.4 Å². The summed E-state index contributed by atoms with van der Waals surface area (Å²) >= 11 is 0. The van der Waals surface area contributed by atoms with Crippen molar-refractivity contribution in [3.05, 3.63) is 11.8 Å². The summed E-state index contributed by atoms with van der Waals surface area (Å²) in [6.07, 6.45) is 3.66. The van der Waals surface area contributed by atoms with Gasteiger partial charge in [0.15, 0.2) is 0 Å². The van der Waals surface area contributed by atoms with Gasteiger partial charge in [0.1, 0.15) is 11.6 Å². The fraction of sp³-hybridized carbons (Fsp3) is 0.714. The number of carbonyl (C=O) groups excluding carboxylic acids is 1. The second-order valence-electron chi connectivity index (χ2n) is 4.94. The third kappa shape index (κ3) is 4.92. The highest BCUT2D eigenvalue weighted by Gasteiger charge is 2.27. The average Bonchev–Trinajstić information content (AvgIpc) is 2.37. The van der Waals surface area contributed by atoms with Gasteiger partial charge in [0.05, 0.1) is 12.2 Å². The van der Waals surface area contributed by atoms with Crippen LogP contribution in [0.25, 0.3) is 0 Å². The Balaban J connectivity index is 2.60. The zero-order valence-corrected chi connectivity index (χ0v) is 12.0. The number of carbonyl (C=O) groups is 1. The molecule has 5 nitrogen and oxygen atoms in total. The molecule has 0 aromatic carbocycles. The minimum atomic E-state index is -0.214. The van der Waals surface area contributed by atoms with E-state index in [0.29, 0.717) is 13.1 Å². The molecule has 0 aromatic heterocycles. The summed E-state index contributed by atoms with van der Waals surface area (Å²) in [6, 6.07) is 1.97. The maximum atomic E-state index is 12.2. The number of hydrogen-bond acceptors (Lipinski definition) is 4. The van der Waals surface area contributed by atoms with E-state index in [1.807, 2.05) is 19.9 Å². The first-order chi connectivity index (χ1) is 9.08. The summed E-state index contributed by atoms with van der Waals surface area (Å²) in [5.74, 6) is -0.214. The van der Waals surface area contributed by atoms with E-state index in [1.54, 1.807) is 4.90 Å². The van der Waals surface area contributed by atoms with Crippen LogP contribution in [0, 0.1) is 11.3 Å². The number of unbranched alkanes of at least 4 members (excludes halogenated alkanes) is 1. The molecule has 0 aromatic rings. The van der Waals surface area contributed by atoms with Crippen molar-refractivity contribution in [2.75, 3.05) is 19.6 Å². The quantitative estimate of drug-likeness (QED) is 0.464. The van der Waals surface area contributed by atoms with Crippen LogP contribution in [0.5, 0.6) is 0 Å². The van der Waals surface area contributed by atoms with E-state index in [-0.39, 0.29) is 23.7 Å². The van der Waals surface area contributed by atoms with Gasteiger partial charge in [-0.15, -0.1) is 0 Å². The first-order valence-corrected chi connectivity index (χ1v) is 6.86. The molecule has 0 radical (unpaired) electrons. The van der Waals surface area contributed by atoms with Gasteiger partial charge in [-0.1, -0.05) is 13.3 Å². The minimum absolute atomic E-state index is 0.0145. The van der Waals surface area contributed by atoms with Crippen molar-refractivity contribution in [1.29, 1.82) is 5.26 Å². The number of rotatable bonds is 5. The maximum Gasteiger partial charge on any atom is 0.266 e. The fourth-order valence-electron chi connectivity index (χ4n) is 2.11. The third-order valence-corrected chi connectivity index (χ3v) is 2.98. The maximum absolute atomic E-state index is 12.2. The zero-order valence-electron chi connectivity index (χ0n) is 12.0. The fourth-order valence-corrected chi connectivity index (χ4v) is 2.11. The molecule has 106 valence electrons. The molecule has 19 heavy (non-hydrogen) atoms. The van der Waals surface area contributed by atoms with Crippen LogP contribution in [0.15, 0.2) is 11.8 Å². The zero-order chi connectivity index (χ0) is 14.3. The largest absolute Gasteiger partial charge is 0.390 e. The highest BCUT2D eigenvalue weighted by molar-refractivity contribution is 5.97. The van der Waals surface area contributed by atoms with Crippen molar-refractivity contribution in [1.82, 2.24) is 10.2 Å². The van der Waals surface area contributed by atoms with Gasteiger partial charge in [-0.05, 0) is 20.3 Å². The Morgan fingerprint density at radius 3 is 2.63 bits per heavy atom. The number of ether oxygens (including phenoxy) is 1. The monoisotopic (exact) mass is 265 g/mol. The predicted octanol–water partition coefficient (Wildman–Crippen LogP) is 1.42. The van der Waals surface area contributed by atoms with Gasteiger partial charge < -0.3 is 15.0 Å². The van der Waals surface area contributed by atoms with Crippen LogP contribution in [0.3, 0.4) is 0 Å². The van der Waals surface area contributed by atoms with Crippen LogP contribution in [0.1, 0.15) is 33.6 Å². The Bertz CT molecular complexity index is 363. The minimum Gasteiger partial charge on any atom is -0.390 e. The van der Waals surface area contributed by atoms with Crippen molar-refractivity contribution in [3.63, 3.8) is 0 Å². The number of nitriles is 1. The summed E-state index contributed by atoms with van der Waals surface area (Å²) < 4.78 is 5.58. The molecule has 0 spiro atoms. The molecule has 2 unspecified atom stereocenters. The number of nitrogens with one attached hydrogen (secondary N) is 1. The van der Waals surface area contributed by atoms with Gasteiger partial charge in [-0.25, -0.2) is 0 Å². The number of nitrogens with zero attached hydrogens (tertiary/aromatic N) is 2. The van der Waals surface area contributed by atoms with Crippen molar-refractivity contribution < 1.29 is 9.53 Å². The first kappa shape index (κ1) is 15.5. The Hall–Kier alpha value is -1.54. The molecule has 1 N–H and O–H groups in total. The Morgan fingerprint density at radius 1 is 1.47 bits per heavy atom. The van der Waals surface area contributed by atoms with E-state index in [2.05, 4.69) is 12.2 Å².